The molecule has 0 aromatic rings. The van der Waals surface area contributed by atoms with Crippen molar-refractivity contribution < 1.29 is 9.47 Å². The topological polar surface area (TPSA) is 44.5 Å². The van der Waals surface area contributed by atoms with Crippen LogP contribution in [-0.4, -0.2) is 43.0 Å². The van der Waals surface area contributed by atoms with Crippen LogP contribution in [0, 0.1) is 5.92 Å². The molecule has 3 unspecified atom stereocenters. The third-order valence-electron chi connectivity index (χ3n) is 4.85. The van der Waals surface area contributed by atoms with Crippen LogP contribution >= 0.6 is 11.8 Å². The van der Waals surface area contributed by atoms with Crippen molar-refractivity contribution in [2.24, 2.45) is 11.7 Å². The van der Waals surface area contributed by atoms with Crippen LogP contribution in [0.5, 0.6) is 0 Å². The molecule has 2 aliphatic rings. The minimum absolute atomic E-state index is 0.165. The molecule has 19 heavy (non-hydrogen) atoms. The van der Waals surface area contributed by atoms with E-state index in [2.05, 4.69) is 18.7 Å². The van der Waals surface area contributed by atoms with Crippen LogP contribution in [0.25, 0.3) is 0 Å². The highest BCUT2D eigenvalue weighted by atomic mass is 32.2. The van der Waals surface area contributed by atoms with Crippen LogP contribution in [0.2, 0.25) is 0 Å². The Hall–Kier alpha value is 0.230. The van der Waals surface area contributed by atoms with Gasteiger partial charge in [-0.25, -0.2) is 0 Å². The maximum Gasteiger partial charge on any atom is 0.0701 e. The lowest BCUT2D eigenvalue weighted by Crippen LogP contribution is -2.47. The molecular weight excluding hydrogens is 258 g/mol. The average Bonchev–Trinajstić information content (AvgIpc) is 2.45. The van der Waals surface area contributed by atoms with Gasteiger partial charge < -0.3 is 15.2 Å². The second-order valence-electron chi connectivity index (χ2n) is 6.18. The summed E-state index contributed by atoms with van der Waals surface area (Å²) in [6, 6.07) is 0.313. The fourth-order valence-corrected chi connectivity index (χ4v) is 4.54. The van der Waals surface area contributed by atoms with Crippen molar-refractivity contribution >= 4 is 11.8 Å². The predicted octanol–water partition coefficient (Wildman–Crippen LogP) is 2.82. The predicted molar refractivity (Wildman–Crippen MR) is 81.6 cm³/mol. The first kappa shape index (κ1) is 15.6. The van der Waals surface area contributed by atoms with E-state index >= 15 is 0 Å². The van der Waals surface area contributed by atoms with Gasteiger partial charge in [-0.05, 0) is 62.9 Å². The Bertz CT molecular complexity index is 263. The van der Waals surface area contributed by atoms with Gasteiger partial charge in [0.15, 0.2) is 0 Å². The summed E-state index contributed by atoms with van der Waals surface area (Å²) in [5.41, 5.74) is 6.59. The van der Waals surface area contributed by atoms with Crippen molar-refractivity contribution in [3.05, 3.63) is 0 Å². The van der Waals surface area contributed by atoms with E-state index < -0.39 is 0 Å². The van der Waals surface area contributed by atoms with Gasteiger partial charge in [-0.3, -0.25) is 0 Å². The van der Waals surface area contributed by atoms with Crippen molar-refractivity contribution in [3.8, 4) is 0 Å². The number of rotatable bonds is 5. The summed E-state index contributed by atoms with van der Waals surface area (Å²) in [7, 11) is 1.78. The van der Waals surface area contributed by atoms with Gasteiger partial charge in [-0.15, -0.1) is 0 Å². The Balaban J connectivity index is 1.82. The summed E-state index contributed by atoms with van der Waals surface area (Å²) in [5.74, 6) is 3.15. The lowest BCUT2D eigenvalue weighted by molar-refractivity contribution is -0.106. The molecule has 0 bridgehead atoms. The summed E-state index contributed by atoms with van der Waals surface area (Å²) in [5, 5.41) is 0. The zero-order chi connectivity index (χ0) is 13.7. The molecule has 0 amide bonds. The fraction of sp³-hybridized carbons (Fsp3) is 1.00. The molecule has 2 heterocycles. The van der Waals surface area contributed by atoms with Gasteiger partial charge in [0.25, 0.3) is 0 Å². The molecule has 0 aromatic heterocycles. The summed E-state index contributed by atoms with van der Waals surface area (Å²) in [4.78, 5) is 0. The summed E-state index contributed by atoms with van der Waals surface area (Å²) >= 11 is 2.06. The number of methoxy groups -OCH3 is 1. The molecule has 2 aliphatic heterocycles. The van der Waals surface area contributed by atoms with Crippen molar-refractivity contribution in [1.29, 1.82) is 0 Å². The minimum atomic E-state index is 0.165. The zero-order valence-corrected chi connectivity index (χ0v) is 13.2. The minimum Gasteiger partial charge on any atom is -0.382 e. The van der Waals surface area contributed by atoms with Crippen LogP contribution < -0.4 is 5.73 Å². The Labute approximate surface area is 122 Å². The molecule has 2 rings (SSSR count). The normalized spacial score (nSPS) is 30.2. The second-order valence-corrected chi connectivity index (χ2v) is 7.41. The maximum atomic E-state index is 6.43. The molecule has 1 spiro atoms. The van der Waals surface area contributed by atoms with Gasteiger partial charge in [0.2, 0.25) is 0 Å². The third kappa shape index (κ3) is 4.35. The highest BCUT2D eigenvalue weighted by Crippen LogP contribution is 2.40. The molecule has 0 aliphatic carbocycles. The summed E-state index contributed by atoms with van der Waals surface area (Å²) in [6.07, 6.45) is 7.21. The second kappa shape index (κ2) is 7.30. The van der Waals surface area contributed by atoms with E-state index in [4.69, 9.17) is 15.2 Å². The van der Waals surface area contributed by atoms with Gasteiger partial charge in [0.05, 0.1) is 11.7 Å². The molecule has 0 radical (unpaired) electrons. The Morgan fingerprint density at radius 3 is 2.79 bits per heavy atom. The molecule has 4 heteroatoms. The monoisotopic (exact) mass is 287 g/mol. The van der Waals surface area contributed by atoms with E-state index in [1.807, 2.05) is 0 Å². The van der Waals surface area contributed by atoms with E-state index in [1.54, 1.807) is 7.11 Å². The number of hydrogen-bond acceptors (Lipinski definition) is 4. The van der Waals surface area contributed by atoms with Crippen LogP contribution in [0.1, 0.15) is 45.4 Å². The molecule has 0 saturated carbocycles. The van der Waals surface area contributed by atoms with E-state index in [0.29, 0.717) is 18.1 Å². The molecule has 3 nitrogen and oxygen atoms in total. The van der Waals surface area contributed by atoms with Crippen LogP contribution in [0.4, 0.5) is 0 Å². The fourth-order valence-electron chi connectivity index (χ4n) is 3.30. The van der Waals surface area contributed by atoms with Crippen LogP contribution in [0.3, 0.4) is 0 Å². The maximum absolute atomic E-state index is 6.43. The average molecular weight is 287 g/mol. The Morgan fingerprint density at radius 2 is 2.11 bits per heavy atom. The number of nitrogens with two attached hydrogens (primary N) is 1. The molecular formula is C15H29NO2S. The van der Waals surface area contributed by atoms with E-state index in [9.17, 15) is 0 Å². The van der Waals surface area contributed by atoms with Gasteiger partial charge >= 0.3 is 0 Å². The Kier molecular flexibility index (Phi) is 6.00. The summed E-state index contributed by atoms with van der Waals surface area (Å²) < 4.78 is 11.5. The van der Waals surface area contributed by atoms with Gasteiger partial charge in [-0.1, -0.05) is 0 Å². The van der Waals surface area contributed by atoms with E-state index in [0.717, 1.165) is 25.9 Å². The number of hydrogen-bond donors (Lipinski definition) is 1. The molecule has 2 saturated heterocycles. The van der Waals surface area contributed by atoms with Crippen LogP contribution in [-0.2, 0) is 9.47 Å². The van der Waals surface area contributed by atoms with E-state index in [-0.39, 0.29) is 5.60 Å². The molecule has 112 valence electrons. The largest absolute Gasteiger partial charge is 0.382 e. The molecule has 2 N–H and O–H groups in total. The number of thioether (sulfide) groups is 1. The number of ether oxygens (including phenoxy) is 2. The van der Waals surface area contributed by atoms with Gasteiger partial charge in [-0.2, -0.15) is 11.8 Å². The van der Waals surface area contributed by atoms with Crippen molar-refractivity contribution in [1.82, 2.24) is 0 Å². The highest BCUT2D eigenvalue weighted by Gasteiger charge is 2.40. The molecule has 2 fully saturated rings. The lowest BCUT2D eigenvalue weighted by atomic mass is 9.78. The zero-order valence-electron chi connectivity index (χ0n) is 12.4. The van der Waals surface area contributed by atoms with Crippen molar-refractivity contribution in [2.45, 2.75) is 63.2 Å². The highest BCUT2D eigenvalue weighted by molar-refractivity contribution is 7.99. The quantitative estimate of drug-likeness (QED) is 0.844. The van der Waals surface area contributed by atoms with Gasteiger partial charge in [0, 0.05) is 19.8 Å². The van der Waals surface area contributed by atoms with E-state index in [1.165, 1.54) is 30.8 Å². The standard InChI is InChI=1S/C15H29NO2S/c1-12(17-2)3-4-14(16)13-5-8-18-15(11-13)6-9-19-10-7-15/h12-14H,3-11,16H2,1-2H3. The van der Waals surface area contributed by atoms with Crippen LogP contribution in [0.15, 0.2) is 0 Å². The first-order valence-electron chi connectivity index (χ1n) is 7.65. The smallest absolute Gasteiger partial charge is 0.0701 e. The SMILES string of the molecule is COC(C)CCC(N)C1CCOC2(CCSCC2)C1. The lowest BCUT2D eigenvalue weighted by Gasteiger charge is -2.45. The summed E-state index contributed by atoms with van der Waals surface area (Å²) in [6.45, 7) is 3.03. The first-order chi connectivity index (χ1) is 9.15. The third-order valence-corrected chi connectivity index (χ3v) is 5.84. The first-order valence-corrected chi connectivity index (χ1v) is 8.81. The van der Waals surface area contributed by atoms with Crippen molar-refractivity contribution in [3.63, 3.8) is 0 Å². The molecule has 3 atom stereocenters. The van der Waals surface area contributed by atoms with Crippen molar-refractivity contribution in [2.75, 3.05) is 25.2 Å². The van der Waals surface area contributed by atoms with Gasteiger partial charge in [0.1, 0.15) is 0 Å². The molecule has 0 aromatic carbocycles. The Morgan fingerprint density at radius 1 is 1.37 bits per heavy atom.